The van der Waals surface area contributed by atoms with Crippen LogP contribution in [0, 0.1) is 0 Å². The van der Waals surface area contributed by atoms with Crippen molar-refractivity contribution in [2.75, 3.05) is 11.5 Å². The van der Waals surface area contributed by atoms with Gasteiger partial charge < -0.3 is 14.5 Å². The second-order valence-corrected chi connectivity index (χ2v) is 8.28. The molecule has 1 aliphatic rings. The Morgan fingerprint density at radius 3 is 2.83 bits per heavy atom. The molecule has 2 aromatic rings. The number of furan rings is 1. The molecule has 6 nitrogen and oxygen atoms in total. The van der Waals surface area contributed by atoms with Crippen molar-refractivity contribution in [2.45, 2.75) is 32.4 Å². The number of carbonyl (C=O) groups excluding carboxylic acids is 1. The van der Waals surface area contributed by atoms with E-state index in [-0.39, 0.29) is 29.6 Å². The van der Waals surface area contributed by atoms with Crippen LogP contribution in [0.2, 0.25) is 0 Å². The van der Waals surface area contributed by atoms with Crippen molar-refractivity contribution in [1.29, 1.82) is 0 Å². The van der Waals surface area contributed by atoms with Gasteiger partial charge in [-0.3, -0.25) is 4.79 Å². The molecule has 0 unspecified atom stereocenters. The van der Waals surface area contributed by atoms with Crippen LogP contribution in [0.15, 0.2) is 28.9 Å². The van der Waals surface area contributed by atoms with Crippen molar-refractivity contribution < 1.29 is 22.4 Å². The summed E-state index contributed by atoms with van der Waals surface area (Å²) < 4.78 is 34.1. The molecule has 2 heterocycles. The van der Waals surface area contributed by atoms with Gasteiger partial charge >= 0.3 is 0 Å². The Morgan fingerprint density at radius 1 is 1.39 bits per heavy atom. The molecular weight excluding hydrogens is 318 g/mol. The summed E-state index contributed by atoms with van der Waals surface area (Å²) in [7, 11) is -3.03. The molecule has 23 heavy (non-hydrogen) atoms. The fourth-order valence-corrected chi connectivity index (χ4v) is 4.37. The average Bonchev–Trinajstić information content (AvgIpc) is 3.04. The molecule has 124 valence electrons. The number of nitrogens with one attached hydrogen (secondary N) is 1. The van der Waals surface area contributed by atoms with E-state index in [1.807, 2.05) is 13.8 Å². The Morgan fingerprint density at radius 2 is 2.17 bits per heavy atom. The maximum atomic E-state index is 12.4. The standard InChI is InChI=1S/C16H19NO5S/c1-10(2)22-15-8-11(7-14-13(15)3-5-21-14)16(18)17-12-4-6-23(19,20)9-12/h3,5,7-8,10,12H,4,6,9H2,1-2H3,(H,17,18)/t12-/m1/s1. The number of benzene rings is 1. The number of hydrogen-bond acceptors (Lipinski definition) is 5. The maximum absolute atomic E-state index is 12.4. The second kappa shape index (κ2) is 5.88. The lowest BCUT2D eigenvalue weighted by Crippen LogP contribution is -2.35. The van der Waals surface area contributed by atoms with Crippen LogP contribution in [0.1, 0.15) is 30.6 Å². The molecule has 1 N–H and O–H groups in total. The van der Waals surface area contributed by atoms with Gasteiger partial charge in [0.25, 0.3) is 5.91 Å². The van der Waals surface area contributed by atoms with Crippen molar-refractivity contribution >= 4 is 26.7 Å². The van der Waals surface area contributed by atoms with Crippen LogP contribution in [0.5, 0.6) is 5.75 Å². The molecule has 1 amide bonds. The van der Waals surface area contributed by atoms with Crippen LogP contribution >= 0.6 is 0 Å². The number of amides is 1. The maximum Gasteiger partial charge on any atom is 0.251 e. The van der Waals surface area contributed by atoms with Gasteiger partial charge in [-0.1, -0.05) is 0 Å². The first kappa shape index (κ1) is 15.9. The number of sulfone groups is 1. The molecular formula is C16H19NO5S. The monoisotopic (exact) mass is 337 g/mol. The Balaban J connectivity index is 1.85. The Hall–Kier alpha value is -2.02. The minimum Gasteiger partial charge on any atom is -0.490 e. The summed E-state index contributed by atoms with van der Waals surface area (Å²) in [6.45, 7) is 3.81. The quantitative estimate of drug-likeness (QED) is 0.924. The molecule has 7 heteroatoms. The zero-order valence-corrected chi connectivity index (χ0v) is 13.9. The second-order valence-electron chi connectivity index (χ2n) is 6.05. The molecule has 0 bridgehead atoms. The van der Waals surface area contributed by atoms with Crippen LogP contribution < -0.4 is 10.1 Å². The SMILES string of the molecule is CC(C)Oc1cc(C(=O)N[C@@H]2CCS(=O)(=O)C2)cc2occc12. The largest absolute Gasteiger partial charge is 0.490 e. The number of ether oxygens (including phenoxy) is 1. The van der Waals surface area contributed by atoms with Gasteiger partial charge in [-0.05, 0) is 38.5 Å². The molecule has 0 saturated carbocycles. The lowest BCUT2D eigenvalue weighted by Gasteiger charge is -2.14. The van der Waals surface area contributed by atoms with Gasteiger partial charge in [0.05, 0.1) is 29.3 Å². The minimum absolute atomic E-state index is 0.00289. The Bertz CT molecular complexity index is 837. The minimum atomic E-state index is -3.03. The third-order valence-electron chi connectivity index (χ3n) is 3.73. The third-order valence-corrected chi connectivity index (χ3v) is 5.49. The van der Waals surface area contributed by atoms with Crippen LogP contribution in [-0.4, -0.2) is 38.0 Å². The first-order valence-electron chi connectivity index (χ1n) is 7.53. The van der Waals surface area contributed by atoms with E-state index in [4.69, 9.17) is 9.15 Å². The van der Waals surface area contributed by atoms with Gasteiger partial charge in [0.2, 0.25) is 0 Å². The normalized spacial score (nSPS) is 20.0. The highest BCUT2D eigenvalue weighted by molar-refractivity contribution is 7.91. The molecule has 0 radical (unpaired) electrons. The summed E-state index contributed by atoms with van der Waals surface area (Å²) in [6.07, 6.45) is 1.96. The molecule has 1 saturated heterocycles. The van der Waals surface area contributed by atoms with Crippen LogP contribution in [0.25, 0.3) is 11.0 Å². The van der Waals surface area contributed by atoms with Crippen molar-refractivity contribution in [2.24, 2.45) is 0 Å². The number of fused-ring (bicyclic) bond motifs is 1. The van der Waals surface area contributed by atoms with Gasteiger partial charge in [-0.25, -0.2) is 8.42 Å². The lowest BCUT2D eigenvalue weighted by atomic mass is 10.1. The predicted octanol–water partition coefficient (Wildman–Crippen LogP) is 2.14. The van der Waals surface area contributed by atoms with Crippen LogP contribution in [-0.2, 0) is 9.84 Å². The average molecular weight is 337 g/mol. The highest BCUT2D eigenvalue weighted by atomic mass is 32.2. The van der Waals surface area contributed by atoms with E-state index in [9.17, 15) is 13.2 Å². The number of carbonyl (C=O) groups is 1. The fraction of sp³-hybridized carbons (Fsp3) is 0.438. The summed E-state index contributed by atoms with van der Waals surface area (Å²) in [5.74, 6) is 0.378. The van der Waals surface area contributed by atoms with Crippen molar-refractivity contribution in [3.8, 4) is 5.75 Å². The molecule has 0 spiro atoms. The van der Waals surface area contributed by atoms with Crippen LogP contribution in [0.3, 0.4) is 0 Å². The fourth-order valence-electron chi connectivity index (χ4n) is 2.70. The first-order chi connectivity index (χ1) is 10.8. The summed E-state index contributed by atoms with van der Waals surface area (Å²) >= 11 is 0. The third kappa shape index (κ3) is 3.50. The topological polar surface area (TPSA) is 85.6 Å². The zero-order valence-electron chi connectivity index (χ0n) is 13.0. The van der Waals surface area contributed by atoms with E-state index in [1.54, 1.807) is 24.5 Å². The molecule has 1 atom stereocenters. The van der Waals surface area contributed by atoms with Crippen molar-refractivity contribution in [1.82, 2.24) is 5.32 Å². The van der Waals surface area contributed by atoms with E-state index >= 15 is 0 Å². The Kier molecular flexibility index (Phi) is 4.06. The predicted molar refractivity (Wildman–Crippen MR) is 86.5 cm³/mol. The van der Waals surface area contributed by atoms with Crippen LogP contribution in [0.4, 0.5) is 0 Å². The lowest BCUT2D eigenvalue weighted by molar-refractivity contribution is 0.0940. The van der Waals surface area contributed by atoms with Gasteiger partial charge in [0.15, 0.2) is 9.84 Å². The molecule has 1 aliphatic heterocycles. The number of hydrogen-bond donors (Lipinski definition) is 1. The molecule has 1 aromatic carbocycles. The smallest absolute Gasteiger partial charge is 0.251 e. The highest BCUT2D eigenvalue weighted by Crippen LogP contribution is 2.29. The molecule has 1 aromatic heterocycles. The molecule has 0 aliphatic carbocycles. The summed E-state index contributed by atoms with van der Waals surface area (Å²) in [6, 6.07) is 4.75. The molecule has 3 rings (SSSR count). The van der Waals surface area contributed by atoms with Gasteiger partial charge in [0.1, 0.15) is 11.3 Å². The number of rotatable bonds is 4. The first-order valence-corrected chi connectivity index (χ1v) is 9.35. The van der Waals surface area contributed by atoms with E-state index in [0.717, 1.165) is 5.39 Å². The van der Waals surface area contributed by atoms with Gasteiger partial charge in [0, 0.05) is 11.6 Å². The Labute approximate surface area is 134 Å². The van der Waals surface area contributed by atoms with E-state index in [0.29, 0.717) is 23.3 Å². The zero-order chi connectivity index (χ0) is 16.6. The molecule has 1 fully saturated rings. The van der Waals surface area contributed by atoms with E-state index in [1.165, 1.54) is 0 Å². The highest BCUT2D eigenvalue weighted by Gasteiger charge is 2.29. The summed E-state index contributed by atoms with van der Waals surface area (Å²) in [5, 5.41) is 3.58. The summed E-state index contributed by atoms with van der Waals surface area (Å²) in [4.78, 5) is 12.4. The van der Waals surface area contributed by atoms with E-state index in [2.05, 4.69) is 5.32 Å². The van der Waals surface area contributed by atoms with Crippen molar-refractivity contribution in [3.63, 3.8) is 0 Å². The van der Waals surface area contributed by atoms with E-state index < -0.39 is 9.84 Å². The summed E-state index contributed by atoms with van der Waals surface area (Å²) in [5.41, 5.74) is 0.958. The van der Waals surface area contributed by atoms with Gasteiger partial charge in [-0.15, -0.1) is 0 Å². The van der Waals surface area contributed by atoms with Crippen molar-refractivity contribution in [3.05, 3.63) is 30.0 Å². The van der Waals surface area contributed by atoms with Gasteiger partial charge in [-0.2, -0.15) is 0 Å².